The lowest BCUT2D eigenvalue weighted by molar-refractivity contribution is -0.147. The van der Waals surface area contributed by atoms with Crippen LogP contribution in [0.1, 0.15) is 11.6 Å². The van der Waals surface area contributed by atoms with Gasteiger partial charge >= 0.3 is 11.9 Å². The van der Waals surface area contributed by atoms with Crippen molar-refractivity contribution in [1.29, 1.82) is 0 Å². The highest BCUT2D eigenvalue weighted by Gasteiger charge is 2.37. The van der Waals surface area contributed by atoms with Gasteiger partial charge in [0.1, 0.15) is 5.76 Å². The molecular formula is C13H13F3N4O3. The molecule has 0 atom stereocenters. The van der Waals surface area contributed by atoms with E-state index in [1.807, 2.05) is 0 Å². The van der Waals surface area contributed by atoms with Crippen LogP contribution in [0.2, 0.25) is 0 Å². The maximum absolute atomic E-state index is 12.6. The molecule has 1 amide bonds. The minimum absolute atomic E-state index is 0.0461. The van der Waals surface area contributed by atoms with Gasteiger partial charge in [0.05, 0.1) is 12.8 Å². The summed E-state index contributed by atoms with van der Waals surface area (Å²) in [6.07, 6.45) is -0.622. The lowest BCUT2D eigenvalue weighted by Crippen LogP contribution is -2.31. The summed E-state index contributed by atoms with van der Waals surface area (Å²) in [7, 11) is 0.985. The lowest BCUT2D eigenvalue weighted by atomic mass is 10.4. The third kappa shape index (κ3) is 4.11. The first-order valence-corrected chi connectivity index (χ1v) is 6.49. The van der Waals surface area contributed by atoms with Crippen LogP contribution in [0, 0.1) is 0 Å². The van der Waals surface area contributed by atoms with Crippen molar-refractivity contribution >= 4 is 12.0 Å². The minimum Gasteiger partial charge on any atom is -0.465 e. The Balaban J connectivity index is 1.92. The van der Waals surface area contributed by atoms with Gasteiger partial charge in [-0.3, -0.25) is 9.36 Å². The van der Waals surface area contributed by atoms with Gasteiger partial charge < -0.3 is 9.73 Å². The largest absolute Gasteiger partial charge is 0.465 e. The average molecular weight is 330 g/mol. The van der Waals surface area contributed by atoms with Gasteiger partial charge in [0.2, 0.25) is 11.7 Å². The molecule has 124 valence electrons. The van der Waals surface area contributed by atoms with Crippen LogP contribution in [-0.2, 0) is 24.6 Å². The summed E-state index contributed by atoms with van der Waals surface area (Å²) in [6, 6.07) is 3.30. The molecule has 7 nitrogen and oxygen atoms in total. The predicted octanol–water partition coefficient (Wildman–Crippen LogP) is 1.02. The highest BCUT2D eigenvalue weighted by Crippen LogP contribution is 2.25. The van der Waals surface area contributed by atoms with Crippen molar-refractivity contribution < 1.29 is 22.4 Å². The van der Waals surface area contributed by atoms with Crippen LogP contribution in [0.25, 0.3) is 6.08 Å². The first kappa shape index (κ1) is 16.6. The van der Waals surface area contributed by atoms with Crippen LogP contribution in [0.4, 0.5) is 13.2 Å². The van der Waals surface area contributed by atoms with Gasteiger partial charge in [0, 0.05) is 19.7 Å². The number of aromatic nitrogens is 3. The average Bonchev–Trinajstić information content (AvgIpc) is 3.07. The fourth-order valence-corrected chi connectivity index (χ4v) is 1.77. The number of nitrogens with zero attached hydrogens (tertiary/aromatic N) is 3. The van der Waals surface area contributed by atoms with Crippen LogP contribution in [-0.4, -0.2) is 26.8 Å². The number of hydrogen-bond donors (Lipinski definition) is 1. The second-order valence-electron chi connectivity index (χ2n) is 4.53. The number of rotatable bonds is 5. The van der Waals surface area contributed by atoms with E-state index < -0.39 is 23.6 Å². The Bertz CT molecular complexity index is 757. The minimum atomic E-state index is -4.71. The second-order valence-corrected chi connectivity index (χ2v) is 4.53. The van der Waals surface area contributed by atoms with Crippen molar-refractivity contribution in [3.05, 3.63) is 46.5 Å². The number of carbonyl (C=O) groups excluding carboxylic acids is 1. The van der Waals surface area contributed by atoms with Crippen molar-refractivity contribution in [3.63, 3.8) is 0 Å². The van der Waals surface area contributed by atoms with Gasteiger partial charge in [-0.15, -0.1) is 5.10 Å². The summed E-state index contributed by atoms with van der Waals surface area (Å²) in [6.45, 7) is -0.224. The van der Waals surface area contributed by atoms with E-state index in [-0.39, 0.29) is 13.1 Å². The molecule has 0 aliphatic rings. The summed E-state index contributed by atoms with van der Waals surface area (Å²) >= 11 is 0. The zero-order valence-electron chi connectivity index (χ0n) is 12.0. The van der Waals surface area contributed by atoms with Gasteiger partial charge in [0.15, 0.2) is 0 Å². The molecule has 0 fully saturated rings. The van der Waals surface area contributed by atoms with Crippen molar-refractivity contribution in [3.8, 4) is 0 Å². The Labute approximate surface area is 128 Å². The molecule has 0 unspecified atom stereocenters. The second kappa shape index (κ2) is 6.55. The topological polar surface area (TPSA) is 82.1 Å². The van der Waals surface area contributed by atoms with Crippen LogP contribution in [0.5, 0.6) is 0 Å². The molecule has 2 aromatic rings. The Kier molecular flexibility index (Phi) is 4.72. The number of furan rings is 1. The summed E-state index contributed by atoms with van der Waals surface area (Å²) in [4.78, 5) is 23.1. The summed E-state index contributed by atoms with van der Waals surface area (Å²) in [5.74, 6) is -1.27. The molecule has 0 spiro atoms. The molecule has 0 aliphatic heterocycles. The molecule has 23 heavy (non-hydrogen) atoms. The molecule has 0 aliphatic carbocycles. The quantitative estimate of drug-likeness (QED) is 0.830. The first-order valence-electron chi connectivity index (χ1n) is 6.49. The van der Waals surface area contributed by atoms with Gasteiger partial charge in [0.25, 0.3) is 0 Å². The van der Waals surface area contributed by atoms with Crippen molar-refractivity contribution in [2.45, 2.75) is 12.7 Å². The monoisotopic (exact) mass is 330 g/mol. The van der Waals surface area contributed by atoms with Crippen molar-refractivity contribution in [2.24, 2.45) is 7.05 Å². The van der Waals surface area contributed by atoms with Gasteiger partial charge in [-0.2, -0.15) is 13.2 Å². The maximum atomic E-state index is 12.6. The molecule has 0 saturated heterocycles. The molecule has 0 aromatic carbocycles. The zero-order valence-corrected chi connectivity index (χ0v) is 12.0. The van der Waals surface area contributed by atoms with E-state index in [0.717, 1.165) is 7.05 Å². The van der Waals surface area contributed by atoms with E-state index in [2.05, 4.69) is 10.4 Å². The molecule has 1 N–H and O–H groups in total. The number of nitrogens with one attached hydrogen (secondary N) is 1. The third-order valence-electron chi connectivity index (χ3n) is 2.86. The first-order chi connectivity index (χ1) is 10.8. The SMILES string of the molecule is Cn1c(C(F)(F)F)nn(CCNC(=O)/C=C/c2ccco2)c1=O. The molecule has 0 bridgehead atoms. The molecule has 2 aromatic heterocycles. The van der Waals surface area contributed by atoms with Crippen LogP contribution >= 0.6 is 0 Å². The summed E-state index contributed by atoms with van der Waals surface area (Å²) in [5.41, 5.74) is -0.905. The third-order valence-corrected chi connectivity index (χ3v) is 2.86. The van der Waals surface area contributed by atoms with E-state index in [4.69, 9.17) is 4.42 Å². The summed E-state index contributed by atoms with van der Waals surface area (Å²) in [5, 5.41) is 5.65. The molecular weight excluding hydrogens is 317 g/mol. The van der Waals surface area contributed by atoms with E-state index in [0.29, 0.717) is 15.0 Å². The molecule has 0 radical (unpaired) electrons. The number of carbonyl (C=O) groups is 1. The molecule has 0 saturated carbocycles. The van der Waals surface area contributed by atoms with E-state index in [1.165, 1.54) is 18.4 Å². The standard InChI is InChI=1S/C13H13F3N4O3/c1-19-11(13(14,15)16)18-20(12(19)22)7-6-17-10(21)5-4-9-3-2-8-23-9/h2-5,8H,6-7H2,1H3,(H,17,21)/b5-4+. The highest BCUT2D eigenvalue weighted by atomic mass is 19.4. The number of halogens is 3. The van der Waals surface area contributed by atoms with Crippen LogP contribution in [0.3, 0.4) is 0 Å². The normalized spacial score (nSPS) is 12.0. The lowest BCUT2D eigenvalue weighted by Gasteiger charge is -2.02. The fourth-order valence-electron chi connectivity index (χ4n) is 1.77. The molecule has 2 heterocycles. The predicted molar refractivity (Wildman–Crippen MR) is 73.2 cm³/mol. The Morgan fingerprint density at radius 3 is 2.78 bits per heavy atom. The van der Waals surface area contributed by atoms with E-state index in [1.54, 1.807) is 12.1 Å². The number of amides is 1. The highest BCUT2D eigenvalue weighted by molar-refractivity contribution is 5.91. The number of hydrogen-bond acceptors (Lipinski definition) is 4. The number of alkyl halides is 3. The van der Waals surface area contributed by atoms with Crippen LogP contribution < -0.4 is 11.0 Å². The van der Waals surface area contributed by atoms with Crippen LogP contribution in [0.15, 0.2) is 33.7 Å². The smallest absolute Gasteiger partial charge is 0.451 e. The van der Waals surface area contributed by atoms with Gasteiger partial charge in [-0.25, -0.2) is 9.48 Å². The Hall–Kier alpha value is -2.78. The van der Waals surface area contributed by atoms with E-state index in [9.17, 15) is 22.8 Å². The Morgan fingerprint density at radius 2 is 2.22 bits per heavy atom. The summed E-state index contributed by atoms with van der Waals surface area (Å²) < 4.78 is 43.9. The molecule has 10 heteroatoms. The van der Waals surface area contributed by atoms with E-state index >= 15 is 0 Å². The maximum Gasteiger partial charge on any atom is 0.451 e. The fraction of sp³-hybridized carbons (Fsp3) is 0.308. The van der Waals surface area contributed by atoms with Crippen molar-refractivity contribution in [1.82, 2.24) is 19.7 Å². The zero-order chi connectivity index (χ0) is 17.0. The molecule has 2 rings (SSSR count). The Morgan fingerprint density at radius 1 is 1.48 bits per heavy atom. The van der Waals surface area contributed by atoms with Gasteiger partial charge in [-0.1, -0.05) is 0 Å². The van der Waals surface area contributed by atoms with Crippen molar-refractivity contribution in [2.75, 3.05) is 6.54 Å². The van der Waals surface area contributed by atoms with Gasteiger partial charge in [-0.05, 0) is 18.2 Å².